The summed E-state index contributed by atoms with van der Waals surface area (Å²) in [6.45, 7) is 5.25. The van der Waals surface area contributed by atoms with Crippen molar-refractivity contribution in [2.45, 2.75) is 39.2 Å². The van der Waals surface area contributed by atoms with Gasteiger partial charge in [-0.05, 0) is 30.4 Å². The molecule has 0 unspecified atom stereocenters. The largest absolute Gasteiger partial charge is 0.372 e. The van der Waals surface area contributed by atoms with E-state index in [0.29, 0.717) is 0 Å². The Kier molecular flexibility index (Phi) is 2.67. The van der Waals surface area contributed by atoms with E-state index in [1.54, 1.807) is 0 Å². The van der Waals surface area contributed by atoms with E-state index in [2.05, 4.69) is 37.0 Å². The molecule has 0 spiro atoms. The summed E-state index contributed by atoms with van der Waals surface area (Å²) in [4.78, 5) is 3.61. The van der Waals surface area contributed by atoms with Crippen molar-refractivity contribution in [1.29, 1.82) is 0 Å². The lowest BCUT2D eigenvalue weighted by Gasteiger charge is -2.22. The molecule has 2 nitrogen and oxygen atoms in total. The van der Waals surface area contributed by atoms with Crippen molar-refractivity contribution in [1.82, 2.24) is 4.98 Å². The standard InChI is InChI=1S/C15H19NO/c1-3-10-6-5-7-11-12-8-9-17-13(4-2)15(12)16-14(10)11/h5-7,13,16H,3-4,8-9H2,1-2H3/t13-/m0/s1. The molecule has 0 bridgehead atoms. The Labute approximate surface area is 102 Å². The van der Waals surface area contributed by atoms with Crippen molar-refractivity contribution in [3.05, 3.63) is 35.0 Å². The van der Waals surface area contributed by atoms with Crippen molar-refractivity contribution in [2.75, 3.05) is 6.61 Å². The Hall–Kier alpha value is -1.28. The lowest BCUT2D eigenvalue weighted by Crippen LogP contribution is -2.14. The first-order valence-electron chi connectivity index (χ1n) is 6.59. The highest BCUT2D eigenvalue weighted by molar-refractivity contribution is 5.87. The number of aryl methyl sites for hydroxylation is 1. The van der Waals surface area contributed by atoms with E-state index in [-0.39, 0.29) is 6.10 Å². The summed E-state index contributed by atoms with van der Waals surface area (Å²) in [5.41, 5.74) is 5.53. The fourth-order valence-corrected chi connectivity index (χ4v) is 2.90. The van der Waals surface area contributed by atoms with E-state index in [0.717, 1.165) is 25.9 Å². The highest BCUT2D eigenvalue weighted by atomic mass is 16.5. The van der Waals surface area contributed by atoms with Crippen LogP contribution in [0.15, 0.2) is 18.2 Å². The molecule has 1 atom stereocenters. The molecule has 0 fully saturated rings. The molecule has 2 heterocycles. The summed E-state index contributed by atoms with van der Waals surface area (Å²) in [7, 11) is 0. The van der Waals surface area contributed by atoms with E-state index in [9.17, 15) is 0 Å². The topological polar surface area (TPSA) is 25.0 Å². The Morgan fingerprint density at radius 2 is 2.24 bits per heavy atom. The minimum Gasteiger partial charge on any atom is -0.372 e. The Balaban J connectivity index is 2.25. The van der Waals surface area contributed by atoms with Crippen LogP contribution in [0.3, 0.4) is 0 Å². The predicted octanol–water partition coefficient (Wildman–Crippen LogP) is 3.75. The molecule has 0 saturated heterocycles. The van der Waals surface area contributed by atoms with Crippen LogP contribution in [-0.2, 0) is 17.6 Å². The van der Waals surface area contributed by atoms with E-state index >= 15 is 0 Å². The maximum Gasteiger partial charge on any atom is 0.0973 e. The van der Waals surface area contributed by atoms with Crippen LogP contribution in [0.2, 0.25) is 0 Å². The zero-order valence-electron chi connectivity index (χ0n) is 10.5. The molecule has 3 rings (SSSR count). The molecule has 1 aliphatic rings. The lowest BCUT2D eigenvalue weighted by molar-refractivity contribution is 0.0377. The van der Waals surface area contributed by atoms with Crippen LogP contribution in [0, 0.1) is 0 Å². The summed E-state index contributed by atoms with van der Waals surface area (Å²) < 4.78 is 5.83. The second-order valence-corrected chi connectivity index (χ2v) is 4.73. The Bertz CT molecular complexity index is 541. The van der Waals surface area contributed by atoms with Gasteiger partial charge in [-0.1, -0.05) is 32.0 Å². The van der Waals surface area contributed by atoms with Gasteiger partial charge in [-0.3, -0.25) is 0 Å². The molecule has 2 aromatic rings. The number of aromatic nitrogens is 1. The molecule has 0 amide bonds. The number of rotatable bonds is 2. The molecule has 0 radical (unpaired) electrons. The van der Waals surface area contributed by atoms with Crippen LogP contribution in [0.25, 0.3) is 10.9 Å². The number of hydrogen-bond donors (Lipinski definition) is 1. The van der Waals surface area contributed by atoms with Crippen molar-refractivity contribution in [3.8, 4) is 0 Å². The molecule has 2 heteroatoms. The van der Waals surface area contributed by atoms with E-state index in [1.165, 1.54) is 27.7 Å². The number of nitrogens with one attached hydrogen (secondary N) is 1. The monoisotopic (exact) mass is 229 g/mol. The van der Waals surface area contributed by atoms with Gasteiger partial charge < -0.3 is 9.72 Å². The number of H-pyrrole nitrogens is 1. The molecule has 0 saturated carbocycles. The first-order chi connectivity index (χ1) is 8.35. The smallest absolute Gasteiger partial charge is 0.0973 e. The third kappa shape index (κ3) is 1.59. The zero-order valence-corrected chi connectivity index (χ0v) is 10.5. The summed E-state index contributed by atoms with van der Waals surface area (Å²) in [6, 6.07) is 6.62. The molecule has 17 heavy (non-hydrogen) atoms. The summed E-state index contributed by atoms with van der Waals surface area (Å²) in [5.74, 6) is 0. The number of ether oxygens (including phenoxy) is 1. The highest BCUT2D eigenvalue weighted by Crippen LogP contribution is 2.35. The maximum atomic E-state index is 5.83. The van der Waals surface area contributed by atoms with E-state index < -0.39 is 0 Å². The third-order valence-corrected chi connectivity index (χ3v) is 3.81. The van der Waals surface area contributed by atoms with Crippen molar-refractivity contribution in [3.63, 3.8) is 0 Å². The summed E-state index contributed by atoms with van der Waals surface area (Å²) >= 11 is 0. The van der Waals surface area contributed by atoms with Crippen LogP contribution in [0.1, 0.15) is 43.2 Å². The number of benzene rings is 1. The van der Waals surface area contributed by atoms with Crippen molar-refractivity contribution < 1.29 is 4.74 Å². The quantitative estimate of drug-likeness (QED) is 0.833. The van der Waals surface area contributed by atoms with Gasteiger partial charge in [0, 0.05) is 16.6 Å². The number of para-hydroxylation sites is 1. The van der Waals surface area contributed by atoms with E-state index in [1.807, 2.05) is 0 Å². The molecule has 1 N–H and O–H groups in total. The van der Waals surface area contributed by atoms with Gasteiger partial charge >= 0.3 is 0 Å². The Morgan fingerprint density at radius 3 is 3.00 bits per heavy atom. The minimum atomic E-state index is 0.260. The second-order valence-electron chi connectivity index (χ2n) is 4.73. The normalized spacial score (nSPS) is 19.5. The minimum absolute atomic E-state index is 0.260. The van der Waals surface area contributed by atoms with E-state index in [4.69, 9.17) is 4.74 Å². The lowest BCUT2D eigenvalue weighted by atomic mass is 10.00. The average Bonchev–Trinajstić information content (AvgIpc) is 2.77. The zero-order chi connectivity index (χ0) is 11.8. The van der Waals surface area contributed by atoms with Gasteiger partial charge in [-0.25, -0.2) is 0 Å². The van der Waals surface area contributed by atoms with Crippen LogP contribution in [-0.4, -0.2) is 11.6 Å². The average molecular weight is 229 g/mol. The van der Waals surface area contributed by atoms with Gasteiger partial charge in [0.2, 0.25) is 0 Å². The number of hydrogen-bond acceptors (Lipinski definition) is 1. The molecule has 1 aliphatic heterocycles. The molecular formula is C15H19NO. The first-order valence-corrected chi connectivity index (χ1v) is 6.59. The van der Waals surface area contributed by atoms with Crippen LogP contribution in [0.5, 0.6) is 0 Å². The van der Waals surface area contributed by atoms with Crippen LogP contribution in [0.4, 0.5) is 0 Å². The number of aromatic amines is 1. The fraction of sp³-hybridized carbons (Fsp3) is 0.467. The van der Waals surface area contributed by atoms with Gasteiger partial charge in [0.1, 0.15) is 0 Å². The molecule has 1 aromatic carbocycles. The van der Waals surface area contributed by atoms with Gasteiger partial charge in [-0.15, -0.1) is 0 Å². The molecule has 1 aromatic heterocycles. The SMILES string of the molecule is CCc1cccc2c3c([nH]c12)[C@H](CC)OCC3. The molecule has 0 aliphatic carbocycles. The molecular weight excluding hydrogens is 210 g/mol. The van der Waals surface area contributed by atoms with Gasteiger partial charge in [-0.2, -0.15) is 0 Å². The summed E-state index contributed by atoms with van der Waals surface area (Å²) in [5, 5.41) is 1.40. The highest BCUT2D eigenvalue weighted by Gasteiger charge is 2.23. The van der Waals surface area contributed by atoms with Gasteiger partial charge in [0.15, 0.2) is 0 Å². The maximum absolute atomic E-state index is 5.83. The first kappa shape index (κ1) is 10.8. The third-order valence-electron chi connectivity index (χ3n) is 3.81. The van der Waals surface area contributed by atoms with Gasteiger partial charge in [0.05, 0.1) is 12.7 Å². The number of fused-ring (bicyclic) bond motifs is 3. The Morgan fingerprint density at radius 1 is 1.35 bits per heavy atom. The van der Waals surface area contributed by atoms with Crippen molar-refractivity contribution >= 4 is 10.9 Å². The van der Waals surface area contributed by atoms with Crippen LogP contribution >= 0.6 is 0 Å². The van der Waals surface area contributed by atoms with Crippen LogP contribution < -0.4 is 0 Å². The molecule has 90 valence electrons. The van der Waals surface area contributed by atoms with Gasteiger partial charge in [0.25, 0.3) is 0 Å². The van der Waals surface area contributed by atoms with Crippen molar-refractivity contribution in [2.24, 2.45) is 0 Å². The predicted molar refractivity (Wildman–Crippen MR) is 70.4 cm³/mol. The second kappa shape index (κ2) is 4.19. The fourth-order valence-electron chi connectivity index (χ4n) is 2.90. The summed E-state index contributed by atoms with van der Waals surface area (Å²) in [6.07, 6.45) is 3.42.